The molecule has 2 aromatic heterocycles. The van der Waals surface area contributed by atoms with E-state index >= 15 is 0 Å². The first-order valence-corrected chi connectivity index (χ1v) is 6.91. The molecule has 3 aromatic rings. The Kier molecular flexibility index (Phi) is 3.52. The third-order valence-corrected chi connectivity index (χ3v) is 3.36. The summed E-state index contributed by atoms with van der Waals surface area (Å²) in [4.78, 5) is 12.1. The van der Waals surface area contributed by atoms with Crippen LogP contribution in [0.2, 0.25) is 0 Å². The molecule has 0 aliphatic carbocycles. The SMILES string of the molecule is CC(C)c1nc(-c2ccc(F)cc2)c(-c2ccncc2)[nH]1. The Morgan fingerprint density at radius 3 is 2.24 bits per heavy atom. The fraction of sp³-hybridized carbons (Fsp3) is 0.176. The minimum Gasteiger partial charge on any atom is -0.341 e. The van der Waals surface area contributed by atoms with Crippen LogP contribution < -0.4 is 0 Å². The van der Waals surface area contributed by atoms with Gasteiger partial charge in [0, 0.05) is 29.4 Å². The highest BCUT2D eigenvalue weighted by molar-refractivity contribution is 5.78. The normalized spacial score (nSPS) is 11.0. The van der Waals surface area contributed by atoms with E-state index in [0.717, 1.165) is 28.3 Å². The van der Waals surface area contributed by atoms with Gasteiger partial charge in [0.2, 0.25) is 0 Å². The number of halogens is 1. The summed E-state index contributed by atoms with van der Waals surface area (Å²) in [6.45, 7) is 4.17. The molecule has 3 rings (SSSR count). The fourth-order valence-electron chi connectivity index (χ4n) is 2.21. The molecule has 0 fully saturated rings. The van der Waals surface area contributed by atoms with E-state index < -0.39 is 0 Å². The number of imidazole rings is 1. The number of nitrogens with zero attached hydrogens (tertiary/aromatic N) is 2. The number of aromatic amines is 1. The van der Waals surface area contributed by atoms with Crippen LogP contribution in [0.3, 0.4) is 0 Å². The van der Waals surface area contributed by atoms with Gasteiger partial charge in [-0.2, -0.15) is 0 Å². The van der Waals surface area contributed by atoms with Gasteiger partial charge in [-0.05, 0) is 36.4 Å². The van der Waals surface area contributed by atoms with Gasteiger partial charge in [-0.15, -0.1) is 0 Å². The van der Waals surface area contributed by atoms with Gasteiger partial charge in [-0.1, -0.05) is 13.8 Å². The second kappa shape index (κ2) is 5.48. The Balaban J connectivity index is 2.16. The molecule has 0 aliphatic heterocycles. The average molecular weight is 281 g/mol. The highest BCUT2D eigenvalue weighted by Gasteiger charge is 2.15. The van der Waals surface area contributed by atoms with Gasteiger partial charge in [0.25, 0.3) is 0 Å². The Bertz CT molecular complexity index is 730. The van der Waals surface area contributed by atoms with Crippen LogP contribution in [0.25, 0.3) is 22.5 Å². The monoisotopic (exact) mass is 281 g/mol. The molecule has 4 heteroatoms. The van der Waals surface area contributed by atoms with Gasteiger partial charge >= 0.3 is 0 Å². The van der Waals surface area contributed by atoms with Crippen LogP contribution in [0.4, 0.5) is 4.39 Å². The van der Waals surface area contributed by atoms with Crippen molar-refractivity contribution < 1.29 is 4.39 Å². The smallest absolute Gasteiger partial charge is 0.123 e. The number of H-pyrrole nitrogens is 1. The topological polar surface area (TPSA) is 41.6 Å². The molecule has 0 bridgehead atoms. The van der Waals surface area contributed by atoms with E-state index in [2.05, 4.69) is 28.8 Å². The van der Waals surface area contributed by atoms with Crippen LogP contribution in [0.1, 0.15) is 25.6 Å². The van der Waals surface area contributed by atoms with E-state index in [1.807, 2.05) is 12.1 Å². The van der Waals surface area contributed by atoms with Crippen LogP contribution in [0, 0.1) is 5.82 Å². The second-order valence-electron chi connectivity index (χ2n) is 5.24. The molecule has 3 nitrogen and oxygen atoms in total. The zero-order valence-corrected chi connectivity index (χ0v) is 12.0. The molecule has 0 saturated heterocycles. The molecule has 0 aliphatic rings. The summed E-state index contributed by atoms with van der Waals surface area (Å²) in [6.07, 6.45) is 3.50. The summed E-state index contributed by atoms with van der Waals surface area (Å²) in [6, 6.07) is 10.3. The third-order valence-electron chi connectivity index (χ3n) is 3.36. The largest absolute Gasteiger partial charge is 0.341 e. The lowest BCUT2D eigenvalue weighted by Crippen LogP contribution is -1.89. The van der Waals surface area contributed by atoms with Crippen molar-refractivity contribution in [3.05, 3.63) is 60.4 Å². The van der Waals surface area contributed by atoms with Crippen molar-refractivity contribution in [2.45, 2.75) is 19.8 Å². The maximum absolute atomic E-state index is 13.1. The van der Waals surface area contributed by atoms with Crippen molar-refractivity contribution >= 4 is 0 Å². The molecule has 1 aromatic carbocycles. The number of hydrogen-bond donors (Lipinski definition) is 1. The van der Waals surface area contributed by atoms with Crippen molar-refractivity contribution in [3.63, 3.8) is 0 Å². The summed E-state index contributed by atoms with van der Waals surface area (Å²) < 4.78 is 13.1. The maximum atomic E-state index is 13.1. The molecule has 21 heavy (non-hydrogen) atoms. The number of benzene rings is 1. The van der Waals surface area contributed by atoms with Gasteiger partial charge in [0.15, 0.2) is 0 Å². The predicted octanol–water partition coefficient (Wildman–Crippen LogP) is 4.40. The molecule has 0 radical (unpaired) electrons. The predicted molar refractivity (Wildman–Crippen MR) is 81.3 cm³/mol. The highest BCUT2D eigenvalue weighted by Crippen LogP contribution is 2.31. The molecule has 2 heterocycles. The number of rotatable bonds is 3. The minimum atomic E-state index is -0.246. The van der Waals surface area contributed by atoms with Gasteiger partial charge in [0.05, 0.1) is 11.4 Å². The summed E-state index contributed by atoms with van der Waals surface area (Å²) >= 11 is 0. The van der Waals surface area contributed by atoms with Gasteiger partial charge in [-0.25, -0.2) is 9.37 Å². The average Bonchev–Trinajstić information content (AvgIpc) is 2.94. The molecular formula is C17H16FN3. The molecule has 106 valence electrons. The third kappa shape index (κ3) is 2.70. The number of nitrogens with one attached hydrogen (secondary N) is 1. The Morgan fingerprint density at radius 1 is 0.952 bits per heavy atom. The fourth-order valence-corrected chi connectivity index (χ4v) is 2.21. The summed E-state index contributed by atoms with van der Waals surface area (Å²) in [7, 11) is 0. The quantitative estimate of drug-likeness (QED) is 0.773. The molecule has 1 N–H and O–H groups in total. The summed E-state index contributed by atoms with van der Waals surface area (Å²) in [5.74, 6) is 0.963. The first-order chi connectivity index (χ1) is 10.1. The molecule has 0 unspecified atom stereocenters. The first-order valence-electron chi connectivity index (χ1n) is 6.91. The highest BCUT2D eigenvalue weighted by atomic mass is 19.1. The lowest BCUT2D eigenvalue weighted by atomic mass is 10.1. The number of hydrogen-bond acceptors (Lipinski definition) is 2. The first kappa shape index (κ1) is 13.5. The van der Waals surface area contributed by atoms with Crippen molar-refractivity contribution in [1.82, 2.24) is 15.0 Å². The zero-order chi connectivity index (χ0) is 14.8. The maximum Gasteiger partial charge on any atom is 0.123 e. The Labute approximate surface area is 122 Å². The standard InChI is InChI=1S/C17H16FN3/c1-11(2)17-20-15(12-3-5-14(18)6-4-12)16(21-17)13-7-9-19-10-8-13/h3-11H,1-2H3,(H,20,21). The molecular weight excluding hydrogens is 265 g/mol. The van der Waals surface area contributed by atoms with E-state index in [1.165, 1.54) is 12.1 Å². The second-order valence-corrected chi connectivity index (χ2v) is 5.24. The van der Waals surface area contributed by atoms with Crippen LogP contribution in [0.15, 0.2) is 48.8 Å². The van der Waals surface area contributed by atoms with Crippen LogP contribution in [-0.4, -0.2) is 15.0 Å². The summed E-state index contributed by atoms with van der Waals surface area (Å²) in [5, 5.41) is 0. The lowest BCUT2D eigenvalue weighted by molar-refractivity contribution is 0.628. The van der Waals surface area contributed by atoms with E-state index in [9.17, 15) is 4.39 Å². The summed E-state index contributed by atoms with van der Waals surface area (Å²) in [5.41, 5.74) is 3.69. The van der Waals surface area contributed by atoms with Crippen LogP contribution in [-0.2, 0) is 0 Å². The van der Waals surface area contributed by atoms with E-state index in [-0.39, 0.29) is 5.82 Å². The molecule has 0 spiro atoms. The van der Waals surface area contributed by atoms with Gasteiger partial charge in [0.1, 0.15) is 11.6 Å². The van der Waals surface area contributed by atoms with E-state index in [4.69, 9.17) is 0 Å². The van der Waals surface area contributed by atoms with Crippen molar-refractivity contribution in [2.24, 2.45) is 0 Å². The van der Waals surface area contributed by atoms with Crippen LogP contribution in [0.5, 0.6) is 0 Å². The Morgan fingerprint density at radius 2 is 1.62 bits per heavy atom. The Hall–Kier alpha value is -2.49. The van der Waals surface area contributed by atoms with Crippen molar-refractivity contribution in [1.29, 1.82) is 0 Å². The molecule has 0 atom stereocenters. The molecule has 0 amide bonds. The van der Waals surface area contributed by atoms with Gasteiger partial charge in [-0.3, -0.25) is 4.98 Å². The van der Waals surface area contributed by atoms with Gasteiger partial charge < -0.3 is 4.98 Å². The number of pyridine rings is 1. The zero-order valence-electron chi connectivity index (χ0n) is 12.0. The van der Waals surface area contributed by atoms with E-state index in [0.29, 0.717) is 5.92 Å². The van der Waals surface area contributed by atoms with Crippen LogP contribution >= 0.6 is 0 Å². The van der Waals surface area contributed by atoms with Crippen molar-refractivity contribution in [2.75, 3.05) is 0 Å². The number of aromatic nitrogens is 3. The van der Waals surface area contributed by atoms with E-state index in [1.54, 1.807) is 24.5 Å². The van der Waals surface area contributed by atoms with Crippen molar-refractivity contribution in [3.8, 4) is 22.5 Å². The molecule has 0 saturated carbocycles. The minimum absolute atomic E-state index is 0.246. The lowest BCUT2D eigenvalue weighted by Gasteiger charge is -2.02.